The van der Waals surface area contributed by atoms with Crippen molar-refractivity contribution in [2.75, 3.05) is 6.61 Å². The summed E-state index contributed by atoms with van der Waals surface area (Å²) in [5.41, 5.74) is 1.10. The van der Waals surface area contributed by atoms with Gasteiger partial charge >= 0.3 is 0 Å². The SMILES string of the molecule is C=CCCCOCc1cncc(Br)c1. The fourth-order valence-corrected chi connectivity index (χ4v) is 1.47. The quantitative estimate of drug-likeness (QED) is 0.575. The first-order valence-electron chi connectivity index (χ1n) is 4.61. The molecular formula is C11H14BrNO. The zero-order valence-corrected chi connectivity index (χ0v) is 9.66. The van der Waals surface area contributed by atoms with E-state index in [1.54, 1.807) is 6.20 Å². The Morgan fingerprint density at radius 1 is 1.50 bits per heavy atom. The molecule has 2 nitrogen and oxygen atoms in total. The van der Waals surface area contributed by atoms with Crippen molar-refractivity contribution in [3.8, 4) is 0 Å². The number of rotatable bonds is 6. The number of ether oxygens (including phenoxy) is 1. The summed E-state index contributed by atoms with van der Waals surface area (Å²) < 4.78 is 6.46. The van der Waals surface area contributed by atoms with Gasteiger partial charge in [-0.05, 0) is 40.4 Å². The van der Waals surface area contributed by atoms with Gasteiger partial charge in [-0.3, -0.25) is 4.98 Å². The highest BCUT2D eigenvalue weighted by molar-refractivity contribution is 9.10. The van der Waals surface area contributed by atoms with Crippen molar-refractivity contribution in [3.05, 3.63) is 41.2 Å². The lowest BCUT2D eigenvalue weighted by Crippen LogP contribution is -1.95. The predicted molar refractivity (Wildman–Crippen MR) is 61.0 cm³/mol. The average molecular weight is 256 g/mol. The lowest BCUT2D eigenvalue weighted by Gasteiger charge is -2.03. The summed E-state index contributed by atoms with van der Waals surface area (Å²) in [6.45, 7) is 5.06. The van der Waals surface area contributed by atoms with Crippen LogP contribution < -0.4 is 0 Å². The molecule has 1 rings (SSSR count). The van der Waals surface area contributed by atoms with Crippen molar-refractivity contribution in [2.24, 2.45) is 0 Å². The van der Waals surface area contributed by atoms with E-state index in [-0.39, 0.29) is 0 Å². The van der Waals surface area contributed by atoms with E-state index >= 15 is 0 Å². The highest BCUT2D eigenvalue weighted by Crippen LogP contribution is 2.10. The predicted octanol–water partition coefficient (Wildman–Crippen LogP) is 3.33. The molecule has 76 valence electrons. The molecule has 0 saturated carbocycles. The molecule has 0 aliphatic carbocycles. The average Bonchev–Trinajstić information content (AvgIpc) is 2.18. The minimum Gasteiger partial charge on any atom is -0.377 e. The van der Waals surface area contributed by atoms with Crippen LogP contribution in [-0.4, -0.2) is 11.6 Å². The molecular weight excluding hydrogens is 242 g/mol. The Hall–Kier alpha value is -0.670. The van der Waals surface area contributed by atoms with Crippen LogP contribution in [0.25, 0.3) is 0 Å². The first-order chi connectivity index (χ1) is 6.83. The Bertz CT molecular complexity index is 288. The summed E-state index contributed by atoms with van der Waals surface area (Å²) in [5, 5.41) is 0. The van der Waals surface area contributed by atoms with Gasteiger partial charge in [0.15, 0.2) is 0 Å². The Kier molecular flexibility index (Phi) is 5.49. The van der Waals surface area contributed by atoms with Crippen molar-refractivity contribution in [2.45, 2.75) is 19.4 Å². The molecule has 0 unspecified atom stereocenters. The maximum Gasteiger partial charge on any atom is 0.0732 e. The standard InChI is InChI=1S/C11H14BrNO/c1-2-3-4-5-14-9-10-6-11(12)8-13-7-10/h2,6-8H,1,3-5,9H2. The van der Waals surface area contributed by atoms with Gasteiger partial charge in [-0.15, -0.1) is 6.58 Å². The minimum absolute atomic E-state index is 0.629. The molecule has 0 amide bonds. The van der Waals surface area contributed by atoms with Gasteiger partial charge in [0, 0.05) is 23.5 Å². The number of hydrogen-bond acceptors (Lipinski definition) is 2. The number of aromatic nitrogens is 1. The number of unbranched alkanes of at least 4 members (excludes halogenated alkanes) is 1. The molecule has 0 fully saturated rings. The maximum absolute atomic E-state index is 5.47. The van der Waals surface area contributed by atoms with Gasteiger partial charge in [0.1, 0.15) is 0 Å². The highest BCUT2D eigenvalue weighted by Gasteiger charge is 1.94. The van der Waals surface area contributed by atoms with Crippen LogP contribution in [0.15, 0.2) is 35.6 Å². The van der Waals surface area contributed by atoms with E-state index in [9.17, 15) is 0 Å². The summed E-state index contributed by atoms with van der Waals surface area (Å²) in [4.78, 5) is 4.06. The van der Waals surface area contributed by atoms with Crippen LogP contribution in [0.2, 0.25) is 0 Å². The molecule has 0 saturated heterocycles. The number of halogens is 1. The third-order valence-electron chi connectivity index (χ3n) is 1.73. The van der Waals surface area contributed by atoms with E-state index < -0.39 is 0 Å². The van der Waals surface area contributed by atoms with E-state index in [1.807, 2.05) is 18.3 Å². The second kappa shape index (κ2) is 6.74. The number of hydrogen-bond donors (Lipinski definition) is 0. The van der Waals surface area contributed by atoms with E-state index in [0.29, 0.717) is 6.61 Å². The molecule has 0 bridgehead atoms. The normalized spacial score (nSPS) is 10.1. The zero-order valence-electron chi connectivity index (χ0n) is 8.08. The fraction of sp³-hybridized carbons (Fsp3) is 0.364. The van der Waals surface area contributed by atoms with Gasteiger partial charge in [0.2, 0.25) is 0 Å². The monoisotopic (exact) mass is 255 g/mol. The van der Waals surface area contributed by atoms with Crippen LogP contribution in [0.4, 0.5) is 0 Å². The molecule has 0 N–H and O–H groups in total. The second-order valence-corrected chi connectivity index (χ2v) is 3.91. The molecule has 0 spiro atoms. The highest BCUT2D eigenvalue weighted by atomic mass is 79.9. The second-order valence-electron chi connectivity index (χ2n) is 2.99. The van der Waals surface area contributed by atoms with Crippen LogP contribution in [0, 0.1) is 0 Å². The Labute approximate surface area is 93.1 Å². The lowest BCUT2D eigenvalue weighted by molar-refractivity contribution is 0.119. The van der Waals surface area contributed by atoms with Gasteiger partial charge in [0.25, 0.3) is 0 Å². The summed E-state index contributed by atoms with van der Waals surface area (Å²) in [6.07, 6.45) is 7.53. The molecule has 0 aromatic carbocycles. The summed E-state index contributed by atoms with van der Waals surface area (Å²) >= 11 is 3.36. The van der Waals surface area contributed by atoms with Crippen LogP contribution in [-0.2, 0) is 11.3 Å². The molecule has 0 aliphatic heterocycles. The smallest absolute Gasteiger partial charge is 0.0732 e. The first-order valence-corrected chi connectivity index (χ1v) is 5.40. The van der Waals surface area contributed by atoms with E-state index in [0.717, 1.165) is 29.5 Å². The number of allylic oxidation sites excluding steroid dienone is 1. The van der Waals surface area contributed by atoms with E-state index in [4.69, 9.17) is 4.74 Å². The summed E-state index contributed by atoms with van der Waals surface area (Å²) in [6, 6.07) is 2.01. The minimum atomic E-state index is 0.629. The van der Waals surface area contributed by atoms with E-state index in [2.05, 4.69) is 27.5 Å². The lowest BCUT2D eigenvalue weighted by atomic mass is 10.3. The molecule has 3 heteroatoms. The topological polar surface area (TPSA) is 22.1 Å². The summed E-state index contributed by atoms with van der Waals surface area (Å²) in [7, 11) is 0. The van der Waals surface area contributed by atoms with Gasteiger partial charge in [-0.2, -0.15) is 0 Å². The van der Waals surface area contributed by atoms with Crippen LogP contribution in [0.1, 0.15) is 18.4 Å². The van der Waals surface area contributed by atoms with E-state index in [1.165, 1.54) is 0 Å². The van der Waals surface area contributed by atoms with Crippen molar-refractivity contribution >= 4 is 15.9 Å². The zero-order chi connectivity index (χ0) is 10.2. The largest absolute Gasteiger partial charge is 0.377 e. The van der Waals surface area contributed by atoms with Crippen LogP contribution in [0.5, 0.6) is 0 Å². The molecule has 1 aromatic heterocycles. The Balaban J connectivity index is 2.21. The Morgan fingerprint density at radius 3 is 3.07 bits per heavy atom. The fourth-order valence-electron chi connectivity index (χ4n) is 1.05. The molecule has 0 radical (unpaired) electrons. The van der Waals surface area contributed by atoms with Crippen LogP contribution in [0.3, 0.4) is 0 Å². The van der Waals surface area contributed by atoms with Gasteiger partial charge < -0.3 is 4.74 Å². The number of pyridine rings is 1. The van der Waals surface area contributed by atoms with Crippen molar-refractivity contribution < 1.29 is 4.74 Å². The number of nitrogens with zero attached hydrogens (tertiary/aromatic N) is 1. The molecule has 0 atom stereocenters. The third kappa shape index (κ3) is 4.53. The molecule has 0 aliphatic rings. The van der Waals surface area contributed by atoms with Crippen molar-refractivity contribution in [1.29, 1.82) is 0 Å². The van der Waals surface area contributed by atoms with Gasteiger partial charge in [0.05, 0.1) is 6.61 Å². The molecule has 14 heavy (non-hydrogen) atoms. The van der Waals surface area contributed by atoms with Crippen LogP contribution >= 0.6 is 15.9 Å². The van der Waals surface area contributed by atoms with Crippen molar-refractivity contribution in [3.63, 3.8) is 0 Å². The Morgan fingerprint density at radius 2 is 2.36 bits per heavy atom. The molecule has 1 aromatic rings. The first kappa shape index (κ1) is 11.4. The third-order valence-corrected chi connectivity index (χ3v) is 2.16. The molecule has 1 heterocycles. The van der Waals surface area contributed by atoms with Crippen molar-refractivity contribution in [1.82, 2.24) is 4.98 Å². The van der Waals surface area contributed by atoms with Gasteiger partial charge in [-0.1, -0.05) is 6.08 Å². The van der Waals surface area contributed by atoms with Gasteiger partial charge in [-0.25, -0.2) is 0 Å². The maximum atomic E-state index is 5.47. The summed E-state index contributed by atoms with van der Waals surface area (Å²) in [5.74, 6) is 0.